The van der Waals surface area contributed by atoms with E-state index in [-0.39, 0.29) is 12.7 Å². The predicted octanol–water partition coefficient (Wildman–Crippen LogP) is 5.73. The van der Waals surface area contributed by atoms with Gasteiger partial charge in [0.15, 0.2) is 0 Å². The molecule has 3 N–H and O–H groups in total. The highest BCUT2D eigenvalue weighted by Gasteiger charge is 2.30. The van der Waals surface area contributed by atoms with Crippen molar-refractivity contribution in [3.8, 4) is 11.5 Å². The number of benzene rings is 3. The summed E-state index contributed by atoms with van der Waals surface area (Å²) >= 11 is 0. The number of nitrogens with one attached hydrogen (secondary N) is 2. The summed E-state index contributed by atoms with van der Waals surface area (Å²) in [5.74, 6) is 1.07. The zero-order chi connectivity index (χ0) is 24.7. The lowest BCUT2D eigenvalue weighted by molar-refractivity contribution is -0.137. The van der Waals surface area contributed by atoms with Gasteiger partial charge >= 0.3 is 6.18 Å². The van der Waals surface area contributed by atoms with Crippen molar-refractivity contribution in [3.05, 3.63) is 96.2 Å². The second-order valence-corrected chi connectivity index (χ2v) is 8.19. The average Bonchev–Trinajstić information content (AvgIpc) is 3.34. The van der Waals surface area contributed by atoms with Gasteiger partial charge < -0.3 is 24.9 Å². The molecule has 0 aliphatic rings. The van der Waals surface area contributed by atoms with E-state index in [0.717, 1.165) is 28.6 Å². The second-order valence-electron chi connectivity index (χ2n) is 8.19. The van der Waals surface area contributed by atoms with Crippen LogP contribution < -0.4 is 14.8 Å². The molecule has 0 saturated heterocycles. The summed E-state index contributed by atoms with van der Waals surface area (Å²) < 4.78 is 50.3. The molecule has 0 fully saturated rings. The third-order valence-corrected chi connectivity index (χ3v) is 5.58. The van der Waals surface area contributed by atoms with Crippen LogP contribution in [-0.4, -0.2) is 35.9 Å². The lowest BCUT2D eigenvalue weighted by Gasteiger charge is -2.21. The van der Waals surface area contributed by atoms with Crippen molar-refractivity contribution < 1.29 is 27.8 Å². The van der Waals surface area contributed by atoms with E-state index in [2.05, 4.69) is 10.3 Å². The van der Waals surface area contributed by atoms with Gasteiger partial charge in [0, 0.05) is 30.1 Å². The largest absolute Gasteiger partial charge is 0.490 e. The number of hydrogen-bond acceptors (Lipinski definition) is 4. The Balaban J connectivity index is 1.28. The molecule has 2 unspecified atom stereocenters. The summed E-state index contributed by atoms with van der Waals surface area (Å²) in [6.45, 7) is 0.997. The van der Waals surface area contributed by atoms with Crippen molar-refractivity contribution in [1.29, 1.82) is 0 Å². The number of halogens is 3. The maximum Gasteiger partial charge on any atom is 0.416 e. The molecular formula is C27H27F3N2O3. The van der Waals surface area contributed by atoms with Crippen LogP contribution in [0.25, 0.3) is 10.9 Å². The molecule has 35 heavy (non-hydrogen) atoms. The molecule has 1 heterocycles. The van der Waals surface area contributed by atoms with Crippen molar-refractivity contribution >= 4 is 10.9 Å². The SMILES string of the molecule is OC(CNCCC(Oc1ccc(C(F)(F)F)cc1)c1ccccc1)COc1cccc2[nH]ccc12. The van der Waals surface area contributed by atoms with Gasteiger partial charge in [0.25, 0.3) is 0 Å². The standard InChI is InChI=1S/C27H27F3N2O3/c28-27(29,30)20-9-11-22(12-10-20)35-25(19-5-2-1-3-6-19)14-15-31-17-21(33)18-34-26-8-4-7-24-23(26)13-16-32-24/h1-13,16,21,25,31-33H,14-15,17-18H2. The molecule has 0 amide bonds. The highest BCUT2D eigenvalue weighted by molar-refractivity contribution is 5.85. The van der Waals surface area contributed by atoms with E-state index in [1.807, 2.05) is 60.8 Å². The summed E-state index contributed by atoms with van der Waals surface area (Å²) in [5.41, 5.74) is 1.17. The number of aromatic amines is 1. The maximum atomic E-state index is 12.8. The number of H-pyrrole nitrogens is 1. The highest BCUT2D eigenvalue weighted by Crippen LogP contribution is 2.32. The molecule has 8 heteroatoms. The minimum Gasteiger partial charge on any atom is -0.490 e. The second kappa shape index (κ2) is 11.3. The van der Waals surface area contributed by atoms with Gasteiger partial charge in [-0.2, -0.15) is 13.2 Å². The molecule has 0 aliphatic heterocycles. The van der Waals surface area contributed by atoms with Crippen LogP contribution in [0.15, 0.2) is 85.1 Å². The number of fused-ring (bicyclic) bond motifs is 1. The fourth-order valence-corrected chi connectivity index (χ4v) is 3.78. The van der Waals surface area contributed by atoms with E-state index >= 15 is 0 Å². The first-order valence-electron chi connectivity index (χ1n) is 11.4. The molecule has 2 atom stereocenters. The fraction of sp³-hybridized carbons (Fsp3) is 0.259. The Kier molecular flexibility index (Phi) is 7.94. The van der Waals surface area contributed by atoms with Crippen molar-refractivity contribution in [2.45, 2.75) is 24.8 Å². The van der Waals surface area contributed by atoms with Gasteiger partial charge in [-0.15, -0.1) is 0 Å². The highest BCUT2D eigenvalue weighted by atomic mass is 19.4. The topological polar surface area (TPSA) is 66.5 Å². The van der Waals surface area contributed by atoms with E-state index < -0.39 is 17.8 Å². The zero-order valence-corrected chi connectivity index (χ0v) is 19.0. The molecule has 0 bridgehead atoms. The molecule has 1 aromatic heterocycles. The summed E-state index contributed by atoms with van der Waals surface area (Å²) in [5, 5.41) is 14.5. The van der Waals surface area contributed by atoms with Crippen LogP contribution in [0.3, 0.4) is 0 Å². The Morgan fingerprint density at radius 1 is 0.914 bits per heavy atom. The lowest BCUT2D eigenvalue weighted by atomic mass is 10.1. The zero-order valence-electron chi connectivity index (χ0n) is 19.0. The van der Waals surface area contributed by atoms with Gasteiger partial charge in [-0.05, 0) is 54.6 Å². The Morgan fingerprint density at radius 3 is 2.43 bits per heavy atom. The number of aliphatic hydroxyl groups excluding tert-OH is 1. The Bertz CT molecular complexity index is 1190. The van der Waals surface area contributed by atoms with Crippen LogP contribution in [0.5, 0.6) is 11.5 Å². The summed E-state index contributed by atoms with van der Waals surface area (Å²) in [6, 6.07) is 21.8. The minimum absolute atomic E-state index is 0.140. The van der Waals surface area contributed by atoms with Crippen LogP contribution in [0, 0.1) is 0 Å². The minimum atomic E-state index is -4.39. The Hall–Kier alpha value is -3.49. The van der Waals surface area contributed by atoms with Crippen LogP contribution in [0.4, 0.5) is 13.2 Å². The lowest BCUT2D eigenvalue weighted by Crippen LogP contribution is -2.32. The number of aliphatic hydroxyl groups is 1. The van der Waals surface area contributed by atoms with Gasteiger partial charge in [-0.3, -0.25) is 0 Å². The van der Waals surface area contributed by atoms with Gasteiger partial charge in [-0.1, -0.05) is 36.4 Å². The maximum absolute atomic E-state index is 12.8. The summed E-state index contributed by atoms with van der Waals surface area (Å²) in [6.07, 6.45) is -3.07. The first-order valence-corrected chi connectivity index (χ1v) is 11.4. The smallest absolute Gasteiger partial charge is 0.416 e. The summed E-state index contributed by atoms with van der Waals surface area (Å²) in [4.78, 5) is 3.12. The van der Waals surface area contributed by atoms with Crippen LogP contribution >= 0.6 is 0 Å². The third kappa shape index (κ3) is 6.77. The molecule has 4 aromatic rings. The predicted molar refractivity (Wildman–Crippen MR) is 129 cm³/mol. The quantitative estimate of drug-likeness (QED) is 0.238. The van der Waals surface area contributed by atoms with Crippen LogP contribution in [-0.2, 0) is 6.18 Å². The molecule has 4 rings (SSSR count). The van der Waals surface area contributed by atoms with Gasteiger partial charge in [-0.25, -0.2) is 0 Å². The first kappa shape index (κ1) is 24.6. The van der Waals surface area contributed by atoms with Crippen LogP contribution in [0.2, 0.25) is 0 Å². The first-order chi connectivity index (χ1) is 16.9. The molecule has 0 spiro atoms. The molecular weight excluding hydrogens is 457 g/mol. The summed E-state index contributed by atoms with van der Waals surface area (Å²) in [7, 11) is 0. The average molecular weight is 485 g/mol. The molecule has 184 valence electrons. The molecule has 3 aromatic carbocycles. The van der Waals surface area contributed by atoms with E-state index in [0.29, 0.717) is 31.0 Å². The number of alkyl halides is 3. The van der Waals surface area contributed by atoms with Crippen molar-refractivity contribution in [3.63, 3.8) is 0 Å². The van der Waals surface area contributed by atoms with Gasteiger partial charge in [0.2, 0.25) is 0 Å². The number of rotatable bonds is 11. The Labute approximate surface area is 201 Å². The molecule has 0 aliphatic carbocycles. The van der Waals surface area contributed by atoms with E-state index in [4.69, 9.17) is 9.47 Å². The normalized spacial score (nSPS) is 13.5. The van der Waals surface area contributed by atoms with E-state index in [1.165, 1.54) is 12.1 Å². The third-order valence-electron chi connectivity index (χ3n) is 5.58. The van der Waals surface area contributed by atoms with Crippen molar-refractivity contribution in [2.75, 3.05) is 19.7 Å². The number of aromatic nitrogens is 1. The molecule has 5 nitrogen and oxygen atoms in total. The van der Waals surface area contributed by atoms with Gasteiger partial charge in [0.05, 0.1) is 5.56 Å². The van der Waals surface area contributed by atoms with Crippen LogP contribution in [0.1, 0.15) is 23.7 Å². The van der Waals surface area contributed by atoms with E-state index in [9.17, 15) is 18.3 Å². The van der Waals surface area contributed by atoms with E-state index in [1.54, 1.807) is 0 Å². The number of hydrogen-bond donors (Lipinski definition) is 3. The van der Waals surface area contributed by atoms with Gasteiger partial charge in [0.1, 0.15) is 30.3 Å². The molecule has 0 radical (unpaired) electrons. The monoisotopic (exact) mass is 484 g/mol. The number of ether oxygens (including phenoxy) is 2. The molecule has 0 saturated carbocycles. The van der Waals surface area contributed by atoms with Crippen molar-refractivity contribution in [1.82, 2.24) is 10.3 Å². The van der Waals surface area contributed by atoms with Crippen molar-refractivity contribution in [2.24, 2.45) is 0 Å². The fourth-order valence-electron chi connectivity index (χ4n) is 3.78. The Morgan fingerprint density at radius 2 is 1.69 bits per heavy atom.